The van der Waals surface area contributed by atoms with E-state index in [0.717, 1.165) is 96.3 Å². The summed E-state index contributed by atoms with van der Waals surface area (Å²) in [5.41, 5.74) is 0. The van der Waals surface area contributed by atoms with Crippen molar-refractivity contribution in [1.82, 2.24) is 0 Å². The predicted molar refractivity (Wildman–Crippen MR) is 304 cm³/mol. The minimum Gasteiger partial charge on any atom is -0.410 e. The van der Waals surface area contributed by atoms with Crippen LogP contribution in [0.3, 0.4) is 0 Å². The van der Waals surface area contributed by atoms with Crippen LogP contribution >= 0.6 is 0 Å². The van der Waals surface area contributed by atoms with Crippen LogP contribution in [0, 0.1) is 0 Å². The van der Waals surface area contributed by atoms with E-state index in [1.165, 1.54) is 116 Å². The molecule has 0 aromatic rings. The average Bonchev–Trinajstić information content (AvgIpc) is 3.57. The van der Waals surface area contributed by atoms with Gasteiger partial charge in [-0.1, -0.05) is 211 Å². The molecule has 1 aliphatic heterocycles. The fourth-order valence-corrected chi connectivity index (χ4v) is 9.11. The minimum absolute atomic E-state index is 0.294. The van der Waals surface area contributed by atoms with Gasteiger partial charge in [0.2, 0.25) is 0 Å². The first-order chi connectivity index (χ1) is 37.9. The molecule has 15 heteroatoms. The molecule has 3 unspecified atom stereocenters. The molecule has 0 amide bonds. The number of esters is 6. The first-order valence-corrected chi connectivity index (χ1v) is 31.1. The second kappa shape index (κ2) is 47.7. The lowest BCUT2D eigenvalue weighted by Crippen LogP contribution is -2.57. The van der Waals surface area contributed by atoms with E-state index in [1.807, 2.05) is 0 Å². The summed E-state index contributed by atoms with van der Waals surface area (Å²) < 4.78 is 31.7. The van der Waals surface area contributed by atoms with Crippen LogP contribution in [0.5, 0.6) is 0 Å². The number of carbonyl (C=O) groups is 6. The third-order valence-corrected chi connectivity index (χ3v) is 14.1. The number of aliphatic hydroxyl groups excluding tert-OH is 3. The highest BCUT2D eigenvalue weighted by Gasteiger charge is 2.64. The van der Waals surface area contributed by atoms with Crippen LogP contribution in [-0.4, -0.2) is 88.3 Å². The van der Waals surface area contributed by atoms with Crippen LogP contribution in [-0.2, 0) is 57.2 Å². The van der Waals surface area contributed by atoms with E-state index in [2.05, 4.69) is 57.2 Å². The monoisotopic (exact) mass is 1100 g/mol. The molecule has 0 bridgehead atoms. The molecule has 1 aliphatic rings. The Morgan fingerprint density at radius 3 is 0.692 bits per heavy atom. The number of carbonyl (C=O) groups excluding carboxylic acids is 6. The number of hydrogen-bond donors (Lipinski definition) is 3. The van der Waals surface area contributed by atoms with E-state index < -0.39 is 73.0 Å². The molecule has 3 atom stereocenters. The summed E-state index contributed by atoms with van der Waals surface area (Å²) >= 11 is 0. The second-order valence-corrected chi connectivity index (χ2v) is 21.3. The Morgan fingerprint density at radius 1 is 0.321 bits per heavy atom. The van der Waals surface area contributed by atoms with Gasteiger partial charge in [-0.2, -0.15) is 0 Å². The smallest absolute Gasteiger partial charge is 0.399 e. The average molecular weight is 1110 g/mol. The van der Waals surface area contributed by atoms with Crippen LogP contribution in [0.2, 0.25) is 0 Å². The predicted octanol–water partition coefficient (Wildman–Crippen LogP) is 14.4. The van der Waals surface area contributed by atoms with E-state index in [0.29, 0.717) is 38.5 Å². The van der Waals surface area contributed by atoms with Crippen molar-refractivity contribution in [2.75, 3.05) is 19.8 Å². The van der Waals surface area contributed by atoms with Crippen molar-refractivity contribution in [2.45, 2.75) is 308 Å². The Morgan fingerprint density at radius 2 is 0.500 bits per heavy atom. The molecule has 0 radical (unpaired) electrons. The Hall–Kier alpha value is -4.08. The number of rotatable bonds is 51. The van der Waals surface area contributed by atoms with Crippen molar-refractivity contribution in [2.24, 2.45) is 0 Å². The maximum Gasteiger partial charge on any atom is 0.399 e. The third-order valence-electron chi connectivity index (χ3n) is 14.1. The first-order valence-electron chi connectivity index (χ1n) is 31.1. The lowest BCUT2D eigenvalue weighted by Gasteiger charge is -2.32. The fraction of sp³-hybridized carbons (Fsp3) is 0.810. The van der Waals surface area contributed by atoms with Gasteiger partial charge in [0.25, 0.3) is 0 Å². The standard InChI is InChI=1S/C63H108O15/c1-4-7-10-13-16-19-22-25-28-31-34-37-40-43-46-49-55(67)73-61(52-64)58(70)77-63(54-66,75-57(69)51-48-45-42-39-36-33-30-27-24-21-18-15-12-9-6-3)60(72)78-62(53-65,59(71)76-61)74-56(68)50-47-44-41-38-35-32-29-26-23-20-17-14-11-8-5-2/h25-30,64-66H,4-24,31-54H2,1-3H3/b28-25-,29-26-,30-27-. The minimum atomic E-state index is -3.39. The summed E-state index contributed by atoms with van der Waals surface area (Å²) in [7, 11) is 0. The van der Waals surface area contributed by atoms with Gasteiger partial charge in [0.1, 0.15) is 19.8 Å². The lowest BCUT2D eigenvalue weighted by molar-refractivity contribution is -0.275. The van der Waals surface area contributed by atoms with Gasteiger partial charge < -0.3 is 43.7 Å². The van der Waals surface area contributed by atoms with E-state index in [-0.39, 0.29) is 19.3 Å². The summed E-state index contributed by atoms with van der Waals surface area (Å²) in [4.78, 5) is 82.2. The molecule has 1 saturated heterocycles. The van der Waals surface area contributed by atoms with Crippen molar-refractivity contribution < 1.29 is 72.5 Å². The molecule has 3 N–H and O–H groups in total. The van der Waals surface area contributed by atoms with Gasteiger partial charge in [0, 0.05) is 19.3 Å². The molecule has 1 rings (SSSR count). The molecular formula is C63H108O15. The SMILES string of the molecule is CCCCCCCC/C=C\CCCCCCCC(=O)OC1(CO)OC(=O)C(CO)(OC(=O)CCCCCCC/C=C\CCCCCCCC)OC(=O)C(CO)(OC(=O)CCCCCCC/C=C\CCCCCCCC)OC1=O. The van der Waals surface area contributed by atoms with Crippen molar-refractivity contribution >= 4 is 35.8 Å². The number of cyclic esters (lactones) is 3. The number of aliphatic hydroxyl groups is 3. The summed E-state index contributed by atoms with van der Waals surface area (Å²) in [6.07, 6.45) is 51.8. The molecule has 450 valence electrons. The first kappa shape index (κ1) is 71.9. The second-order valence-electron chi connectivity index (χ2n) is 21.3. The van der Waals surface area contributed by atoms with Crippen LogP contribution < -0.4 is 0 Å². The molecule has 0 aromatic heterocycles. The molecule has 0 aromatic carbocycles. The van der Waals surface area contributed by atoms with E-state index in [9.17, 15) is 44.1 Å². The van der Waals surface area contributed by atoms with Gasteiger partial charge in [-0.25, -0.2) is 14.4 Å². The van der Waals surface area contributed by atoms with Crippen molar-refractivity contribution in [3.63, 3.8) is 0 Å². The molecule has 78 heavy (non-hydrogen) atoms. The lowest BCUT2D eigenvalue weighted by atomic mass is 10.1. The van der Waals surface area contributed by atoms with Gasteiger partial charge in [0.15, 0.2) is 0 Å². The molecule has 0 spiro atoms. The Kier molecular flexibility index (Phi) is 44.0. The topological polar surface area (TPSA) is 218 Å². The van der Waals surface area contributed by atoms with Gasteiger partial charge in [0.05, 0.1) is 0 Å². The Labute approximate surface area is 470 Å². The number of ether oxygens (including phenoxy) is 6. The summed E-state index contributed by atoms with van der Waals surface area (Å²) in [6, 6.07) is 0. The van der Waals surface area contributed by atoms with Gasteiger partial charge in [-0.05, 0) is 96.3 Å². The quantitative estimate of drug-likeness (QED) is 0.0223. The van der Waals surface area contributed by atoms with Crippen molar-refractivity contribution in [1.29, 1.82) is 0 Å². The number of hydrogen-bond acceptors (Lipinski definition) is 15. The van der Waals surface area contributed by atoms with Gasteiger partial charge >= 0.3 is 53.2 Å². The zero-order chi connectivity index (χ0) is 57.3. The summed E-state index contributed by atoms with van der Waals surface area (Å²) in [5, 5.41) is 32.0. The Balaban J connectivity index is 3.02. The zero-order valence-corrected chi connectivity index (χ0v) is 49.0. The maximum absolute atomic E-state index is 14.0. The van der Waals surface area contributed by atoms with Gasteiger partial charge in [-0.3, -0.25) is 14.4 Å². The number of unbranched alkanes of at least 4 members (excludes halogenated alkanes) is 33. The number of allylic oxidation sites excluding steroid dienone is 6. The van der Waals surface area contributed by atoms with Gasteiger partial charge in [-0.15, -0.1) is 0 Å². The highest BCUT2D eigenvalue weighted by atomic mass is 16.8. The Bertz CT molecular complexity index is 1490. The molecule has 0 aliphatic carbocycles. The third kappa shape index (κ3) is 33.5. The van der Waals surface area contributed by atoms with Crippen LogP contribution in [0.4, 0.5) is 0 Å². The van der Waals surface area contributed by atoms with E-state index in [4.69, 9.17) is 28.4 Å². The molecule has 15 nitrogen and oxygen atoms in total. The molecular weight excluding hydrogens is 997 g/mol. The van der Waals surface area contributed by atoms with Crippen LogP contribution in [0.25, 0.3) is 0 Å². The fourth-order valence-electron chi connectivity index (χ4n) is 9.11. The molecule has 1 heterocycles. The van der Waals surface area contributed by atoms with E-state index in [1.54, 1.807) is 0 Å². The summed E-state index contributed by atoms with van der Waals surface area (Å²) in [5.74, 6) is -19.3. The van der Waals surface area contributed by atoms with Crippen LogP contribution in [0.1, 0.15) is 290 Å². The van der Waals surface area contributed by atoms with E-state index >= 15 is 0 Å². The highest BCUT2D eigenvalue weighted by molar-refractivity contribution is 5.94. The largest absolute Gasteiger partial charge is 0.410 e. The van der Waals surface area contributed by atoms with Crippen molar-refractivity contribution in [3.05, 3.63) is 36.5 Å². The zero-order valence-electron chi connectivity index (χ0n) is 49.0. The molecule has 0 saturated carbocycles. The summed E-state index contributed by atoms with van der Waals surface area (Å²) in [6.45, 7) is 1.84. The normalized spacial score (nSPS) is 18.9. The maximum atomic E-state index is 14.0. The van der Waals surface area contributed by atoms with Crippen molar-refractivity contribution in [3.8, 4) is 0 Å². The molecule has 1 fully saturated rings. The van der Waals surface area contributed by atoms with Crippen LogP contribution in [0.15, 0.2) is 36.5 Å². The highest BCUT2D eigenvalue weighted by Crippen LogP contribution is 2.32.